The van der Waals surface area contributed by atoms with Gasteiger partial charge in [-0.2, -0.15) is 5.10 Å². The van der Waals surface area contributed by atoms with E-state index in [9.17, 15) is 0 Å². The van der Waals surface area contributed by atoms with Crippen LogP contribution in [0.15, 0.2) is 79.0 Å². The lowest BCUT2D eigenvalue weighted by Crippen LogP contribution is -2.13. The minimum atomic E-state index is 0.511. The first-order valence-electron chi connectivity index (χ1n) is 10.4. The quantitative estimate of drug-likeness (QED) is 0.393. The lowest BCUT2D eigenvalue weighted by Gasteiger charge is -2.13. The lowest BCUT2D eigenvalue weighted by atomic mass is 10.1. The van der Waals surface area contributed by atoms with Gasteiger partial charge in [0, 0.05) is 18.7 Å². The van der Waals surface area contributed by atoms with E-state index < -0.39 is 0 Å². The first-order valence-corrected chi connectivity index (χ1v) is 10.4. The van der Waals surface area contributed by atoms with Crippen molar-refractivity contribution in [2.45, 2.75) is 26.6 Å². The third-order valence-corrected chi connectivity index (χ3v) is 5.17. The van der Waals surface area contributed by atoms with Crippen molar-refractivity contribution in [1.29, 1.82) is 0 Å². The van der Waals surface area contributed by atoms with E-state index in [1.54, 1.807) is 7.11 Å². The number of rotatable bonds is 9. The molecule has 0 fully saturated rings. The van der Waals surface area contributed by atoms with Crippen molar-refractivity contribution in [3.63, 3.8) is 0 Å². The van der Waals surface area contributed by atoms with E-state index in [2.05, 4.69) is 52.8 Å². The van der Waals surface area contributed by atoms with Crippen LogP contribution in [0, 0.1) is 6.92 Å². The van der Waals surface area contributed by atoms with Crippen LogP contribution in [0.25, 0.3) is 11.3 Å². The van der Waals surface area contributed by atoms with Crippen LogP contribution in [0.4, 0.5) is 0 Å². The maximum atomic E-state index is 5.95. The molecule has 158 valence electrons. The molecule has 1 heterocycles. The van der Waals surface area contributed by atoms with Gasteiger partial charge in [0.1, 0.15) is 6.61 Å². The normalized spacial score (nSPS) is 10.8. The van der Waals surface area contributed by atoms with Crippen molar-refractivity contribution >= 4 is 0 Å². The summed E-state index contributed by atoms with van der Waals surface area (Å²) in [6.45, 7) is 4.03. The number of nitrogens with zero attached hydrogens (tertiary/aromatic N) is 1. The number of methoxy groups -OCH3 is 1. The van der Waals surface area contributed by atoms with Crippen molar-refractivity contribution in [3.05, 3.63) is 101 Å². The predicted octanol–water partition coefficient (Wildman–Crippen LogP) is 5.26. The predicted molar refractivity (Wildman–Crippen MR) is 123 cm³/mol. The number of ether oxygens (including phenoxy) is 2. The second kappa shape index (κ2) is 9.96. The zero-order valence-corrected chi connectivity index (χ0v) is 17.9. The topological polar surface area (TPSA) is 59.2 Å². The summed E-state index contributed by atoms with van der Waals surface area (Å²) in [4.78, 5) is 0. The van der Waals surface area contributed by atoms with Crippen LogP contribution in [-0.2, 0) is 19.7 Å². The monoisotopic (exact) mass is 413 g/mol. The summed E-state index contributed by atoms with van der Waals surface area (Å²) in [7, 11) is 1.67. The van der Waals surface area contributed by atoms with E-state index in [0.717, 1.165) is 39.4 Å². The number of aryl methyl sites for hydroxylation is 1. The molecule has 5 heteroatoms. The third kappa shape index (κ3) is 5.32. The Bertz CT molecular complexity index is 1110. The summed E-state index contributed by atoms with van der Waals surface area (Å²) in [5, 5.41) is 10.8. The van der Waals surface area contributed by atoms with E-state index in [0.29, 0.717) is 19.7 Å². The Morgan fingerprint density at radius 2 is 1.68 bits per heavy atom. The average molecular weight is 414 g/mol. The highest BCUT2D eigenvalue weighted by Crippen LogP contribution is 2.29. The Hall–Kier alpha value is -3.57. The highest BCUT2D eigenvalue weighted by atomic mass is 16.5. The van der Waals surface area contributed by atoms with Crippen molar-refractivity contribution < 1.29 is 9.47 Å². The number of benzene rings is 3. The van der Waals surface area contributed by atoms with Gasteiger partial charge in [-0.3, -0.25) is 5.10 Å². The van der Waals surface area contributed by atoms with Gasteiger partial charge in [-0.1, -0.05) is 66.2 Å². The molecule has 0 aliphatic rings. The highest BCUT2D eigenvalue weighted by molar-refractivity contribution is 5.62. The van der Waals surface area contributed by atoms with Gasteiger partial charge in [-0.25, -0.2) is 0 Å². The van der Waals surface area contributed by atoms with Crippen molar-refractivity contribution in [2.75, 3.05) is 7.11 Å². The van der Waals surface area contributed by atoms with Gasteiger partial charge in [0.25, 0.3) is 0 Å². The molecule has 0 bridgehead atoms. The molecule has 0 atom stereocenters. The molecule has 0 amide bonds. The molecule has 0 aliphatic heterocycles. The summed E-state index contributed by atoms with van der Waals surface area (Å²) in [5.41, 5.74) is 6.83. The molecule has 31 heavy (non-hydrogen) atoms. The molecule has 4 aromatic rings. The first kappa shape index (κ1) is 20.7. The smallest absolute Gasteiger partial charge is 0.161 e. The first-order chi connectivity index (χ1) is 15.2. The van der Waals surface area contributed by atoms with Gasteiger partial charge in [0.15, 0.2) is 11.5 Å². The molecule has 0 saturated heterocycles. The minimum Gasteiger partial charge on any atom is -0.493 e. The average Bonchev–Trinajstić information content (AvgIpc) is 3.27. The van der Waals surface area contributed by atoms with Gasteiger partial charge < -0.3 is 14.8 Å². The van der Waals surface area contributed by atoms with E-state index in [1.807, 2.05) is 48.7 Å². The Balaban J connectivity index is 1.36. The fourth-order valence-electron chi connectivity index (χ4n) is 3.43. The second-order valence-electron chi connectivity index (χ2n) is 7.50. The summed E-state index contributed by atoms with van der Waals surface area (Å²) in [5.74, 6) is 1.48. The summed E-state index contributed by atoms with van der Waals surface area (Å²) < 4.78 is 11.5. The summed E-state index contributed by atoms with van der Waals surface area (Å²) in [6.07, 6.45) is 1.88. The molecule has 0 spiro atoms. The maximum absolute atomic E-state index is 5.95. The largest absolute Gasteiger partial charge is 0.493 e. The molecule has 5 nitrogen and oxygen atoms in total. The van der Waals surface area contributed by atoms with Crippen LogP contribution in [-0.4, -0.2) is 17.3 Å². The van der Waals surface area contributed by atoms with E-state index >= 15 is 0 Å². The van der Waals surface area contributed by atoms with Crippen LogP contribution in [0.1, 0.15) is 22.3 Å². The summed E-state index contributed by atoms with van der Waals surface area (Å²) in [6, 6.07) is 24.6. The minimum absolute atomic E-state index is 0.511. The van der Waals surface area contributed by atoms with E-state index in [4.69, 9.17) is 9.47 Å². The van der Waals surface area contributed by atoms with Gasteiger partial charge in [0.2, 0.25) is 0 Å². The molecular formula is C26H27N3O2. The number of hydrogen-bond acceptors (Lipinski definition) is 4. The maximum Gasteiger partial charge on any atom is 0.161 e. The lowest BCUT2D eigenvalue weighted by molar-refractivity contribution is 0.284. The van der Waals surface area contributed by atoms with Gasteiger partial charge in [-0.05, 0) is 35.7 Å². The van der Waals surface area contributed by atoms with Crippen LogP contribution >= 0.6 is 0 Å². The Kier molecular flexibility index (Phi) is 6.65. The molecular weight excluding hydrogens is 386 g/mol. The fourth-order valence-corrected chi connectivity index (χ4v) is 3.43. The fraction of sp³-hybridized carbons (Fsp3) is 0.192. The molecule has 4 rings (SSSR count). The van der Waals surface area contributed by atoms with Crippen LogP contribution in [0.2, 0.25) is 0 Å². The Morgan fingerprint density at radius 1 is 0.871 bits per heavy atom. The zero-order valence-electron chi connectivity index (χ0n) is 17.9. The van der Waals surface area contributed by atoms with Crippen molar-refractivity contribution in [1.82, 2.24) is 15.5 Å². The van der Waals surface area contributed by atoms with Crippen LogP contribution in [0.5, 0.6) is 11.5 Å². The number of nitrogens with one attached hydrogen (secondary N) is 2. The molecule has 0 aliphatic carbocycles. The number of H-pyrrole nitrogens is 1. The van der Waals surface area contributed by atoms with Crippen molar-refractivity contribution in [2.24, 2.45) is 0 Å². The molecule has 2 N–H and O–H groups in total. The molecule has 3 aromatic carbocycles. The zero-order chi connectivity index (χ0) is 21.5. The Labute approximate surface area is 183 Å². The summed E-state index contributed by atoms with van der Waals surface area (Å²) >= 11 is 0. The number of hydrogen-bond donors (Lipinski definition) is 2. The van der Waals surface area contributed by atoms with E-state index in [-0.39, 0.29) is 0 Å². The van der Waals surface area contributed by atoms with Gasteiger partial charge >= 0.3 is 0 Å². The number of aromatic amines is 1. The second-order valence-corrected chi connectivity index (χ2v) is 7.50. The van der Waals surface area contributed by atoms with Gasteiger partial charge in [-0.15, -0.1) is 0 Å². The van der Waals surface area contributed by atoms with Crippen LogP contribution < -0.4 is 14.8 Å². The standard InChI is InChI=1S/C26H27N3O2/c1-19-8-11-22(12-9-19)26-23(17-28-29-26)16-27-15-21-10-13-24(25(14-21)30-2)31-18-20-6-4-3-5-7-20/h3-14,17,27H,15-16,18H2,1-2H3,(H,28,29). The molecule has 1 aromatic heterocycles. The van der Waals surface area contributed by atoms with E-state index in [1.165, 1.54) is 5.56 Å². The number of aromatic nitrogens is 2. The van der Waals surface area contributed by atoms with Crippen LogP contribution in [0.3, 0.4) is 0 Å². The highest BCUT2D eigenvalue weighted by Gasteiger charge is 2.09. The molecule has 0 radical (unpaired) electrons. The molecule has 0 unspecified atom stereocenters. The van der Waals surface area contributed by atoms with Gasteiger partial charge in [0.05, 0.1) is 19.0 Å². The van der Waals surface area contributed by atoms with Crippen molar-refractivity contribution in [3.8, 4) is 22.8 Å². The SMILES string of the molecule is COc1cc(CNCc2cn[nH]c2-c2ccc(C)cc2)ccc1OCc1ccccc1. The third-order valence-electron chi connectivity index (χ3n) is 5.17. The Morgan fingerprint density at radius 3 is 2.45 bits per heavy atom. The molecule has 0 saturated carbocycles.